The summed E-state index contributed by atoms with van der Waals surface area (Å²) in [7, 11) is -1.81. The van der Waals surface area contributed by atoms with Crippen LogP contribution in [-0.2, 0) is 15.9 Å². The van der Waals surface area contributed by atoms with Crippen LogP contribution in [0.1, 0.15) is 37.8 Å². The van der Waals surface area contributed by atoms with Crippen molar-refractivity contribution in [2.75, 3.05) is 7.05 Å². The van der Waals surface area contributed by atoms with Gasteiger partial charge in [0.2, 0.25) is 10.0 Å². The van der Waals surface area contributed by atoms with Crippen LogP contribution in [0.2, 0.25) is 0 Å². The molecule has 0 amide bonds. The third-order valence-corrected chi connectivity index (χ3v) is 5.81. The van der Waals surface area contributed by atoms with Gasteiger partial charge in [0.05, 0.1) is 4.90 Å². The van der Waals surface area contributed by atoms with E-state index in [1.54, 1.807) is 13.1 Å². The maximum Gasteiger partial charge on any atom is 0.243 e. The van der Waals surface area contributed by atoms with Crippen molar-refractivity contribution >= 4 is 21.6 Å². The molecule has 0 aliphatic rings. The summed E-state index contributed by atoms with van der Waals surface area (Å²) in [6.45, 7) is 5.79. The Labute approximate surface area is 121 Å². The molecule has 0 saturated carbocycles. The standard InChI is InChI=1S/C14H22ClNO2S/c1-5-6-12(3)16(4)19(17,18)14-9-13(10-15)8-7-11(14)2/h7-9,12H,5-6,10H2,1-4H3. The van der Waals surface area contributed by atoms with E-state index in [4.69, 9.17) is 11.6 Å². The number of nitrogens with zero attached hydrogens (tertiary/aromatic N) is 1. The fourth-order valence-corrected chi connectivity index (χ4v) is 3.83. The number of hydrogen-bond donors (Lipinski definition) is 0. The molecule has 0 aromatic heterocycles. The SMILES string of the molecule is CCCC(C)N(C)S(=O)(=O)c1cc(CCl)ccc1C. The number of sulfonamides is 1. The Balaban J connectivity index is 3.19. The van der Waals surface area contributed by atoms with Gasteiger partial charge >= 0.3 is 0 Å². The van der Waals surface area contributed by atoms with E-state index in [0.29, 0.717) is 10.8 Å². The van der Waals surface area contributed by atoms with Gasteiger partial charge in [-0.15, -0.1) is 11.6 Å². The summed E-state index contributed by atoms with van der Waals surface area (Å²) in [6, 6.07) is 5.33. The van der Waals surface area contributed by atoms with Gasteiger partial charge in [-0.2, -0.15) is 4.31 Å². The summed E-state index contributed by atoms with van der Waals surface area (Å²) in [5, 5.41) is 0. The summed E-state index contributed by atoms with van der Waals surface area (Å²) in [4.78, 5) is 0.358. The summed E-state index contributed by atoms with van der Waals surface area (Å²) in [6.07, 6.45) is 1.81. The van der Waals surface area contributed by atoms with Crippen LogP contribution in [0.3, 0.4) is 0 Å². The quantitative estimate of drug-likeness (QED) is 0.754. The molecule has 108 valence electrons. The second kappa shape index (κ2) is 6.73. The van der Waals surface area contributed by atoms with Crippen LogP contribution in [0, 0.1) is 6.92 Å². The lowest BCUT2D eigenvalue weighted by Gasteiger charge is -2.25. The Bertz CT molecular complexity index is 528. The van der Waals surface area contributed by atoms with Crippen molar-refractivity contribution < 1.29 is 8.42 Å². The zero-order valence-corrected chi connectivity index (χ0v) is 13.6. The topological polar surface area (TPSA) is 37.4 Å². The average Bonchev–Trinajstić information content (AvgIpc) is 2.38. The van der Waals surface area contributed by atoms with E-state index in [1.807, 2.05) is 26.0 Å². The van der Waals surface area contributed by atoms with Gasteiger partial charge in [-0.05, 0) is 37.5 Å². The van der Waals surface area contributed by atoms with Gasteiger partial charge in [-0.1, -0.05) is 25.5 Å². The largest absolute Gasteiger partial charge is 0.243 e. The first-order valence-corrected chi connectivity index (χ1v) is 8.45. The summed E-state index contributed by atoms with van der Waals surface area (Å²) in [5.74, 6) is 0.316. The Morgan fingerprint density at radius 2 is 2.00 bits per heavy atom. The van der Waals surface area contributed by atoms with Crippen LogP contribution in [0.25, 0.3) is 0 Å². The number of alkyl halides is 1. The number of benzene rings is 1. The van der Waals surface area contributed by atoms with Gasteiger partial charge < -0.3 is 0 Å². The highest BCUT2D eigenvalue weighted by Crippen LogP contribution is 2.23. The summed E-state index contributed by atoms with van der Waals surface area (Å²) in [5.41, 5.74) is 1.58. The summed E-state index contributed by atoms with van der Waals surface area (Å²) >= 11 is 5.78. The molecule has 0 spiro atoms. The lowest BCUT2D eigenvalue weighted by Crippen LogP contribution is -2.35. The zero-order valence-electron chi connectivity index (χ0n) is 12.0. The average molecular weight is 304 g/mol. The number of rotatable bonds is 6. The number of aryl methyl sites for hydroxylation is 1. The Morgan fingerprint density at radius 3 is 2.53 bits per heavy atom. The Morgan fingerprint density at radius 1 is 1.37 bits per heavy atom. The molecule has 1 atom stereocenters. The van der Waals surface area contributed by atoms with Gasteiger partial charge in [0, 0.05) is 19.0 Å². The molecule has 1 unspecified atom stereocenters. The summed E-state index contributed by atoms with van der Waals surface area (Å²) < 4.78 is 26.7. The second-order valence-corrected chi connectivity index (χ2v) is 7.13. The van der Waals surface area contributed by atoms with Crippen LogP contribution < -0.4 is 0 Å². The molecule has 0 N–H and O–H groups in total. The predicted octanol–water partition coefficient (Wildman–Crippen LogP) is 3.54. The molecule has 19 heavy (non-hydrogen) atoms. The van der Waals surface area contributed by atoms with Crippen LogP contribution in [0.15, 0.2) is 23.1 Å². The molecule has 1 aromatic carbocycles. The van der Waals surface area contributed by atoms with Gasteiger partial charge in [0.15, 0.2) is 0 Å². The van der Waals surface area contributed by atoms with Crippen LogP contribution in [-0.4, -0.2) is 25.8 Å². The normalized spacial score (nSPS) is 13.8. The van der Waals surface area contributed by atoms with Crippen LogP contribution >= 0.6 is 11.6 Å². The third-order valence-electron chi connectivity index (χ3n) is 3.39. The molecular formula is C14H22ClNO2S. The van der Waals surface area contributed by atoms with Crippen molar-refractivity contribution in [1.29, 1.82) is 0 Å². The van der Waals surface area contributed by atoms with E-state index in [-0.39, 0.29) is 6.04 Å². The molecule has 3 nitrogen and oxygen atoms in total. The highest BCUT2D eigenvalue weighted by atomic mass is 35.5. The fraction of sp³-hybridized carbons (Fsp3) is 0.571. The van der Waals surface area contributed by atoms with Gasteiger partial charge in [0.1, 0.15) is 0 Å². The third kappa shape index (κ3) is 3.71. The second-order valence-electron chi connectivity index (χ2n) is 4.89. The first-order chi connectivity index (χ1) is 8.84. The maximum atomic E-state index is 12.6. The van der Waals surface area contributed by atoms with Gasteiger partial charge in [-0.25, -0.2) is 8.42 Å². The van der Waals surface area contributed by atoms with E-state index in [1.165, 1.54) is 4.31 Å². The molecular weight excluding hydrogens is 282 g/mol. The van der Waals surface area contributed by atoms with Crippen LogP contribution in [0.5, 0.6) is 0 Å². The van der Waals surface area contributed by atoms with Crippen molar-refractivity contribution in [2.24, 2.45) is 0 Å². The van der Waals surface area contributed by atoms with Crippen molar-refractivity contribution in [1.82, 2.24) is 4.31 Å². The van der Waals surface area contributed by atoms with Crippen molar-refractivity contribution in [3.8, 4) is 0 Å². The molecule has 1 rings (SSSR count). The number of hydrogen-bond acceptors (Lipinski definition) is 2. The van der Waals surface area contributed by atoms with E-state index < -0.39 is 10.0 Å². The highest BCUT2D eigenvalue weighted by Gasteiger charge is 2.26. The van der Waals surface area contributed by atoms with Gasteiger partial charge in [-0.3, -0.25) is 0 Å². The molecule has 0 bridgehead atoms. The van der Waals surface area contributed by atoms with E-state index in [0.717, 1.165) is 24.0 Å². The first-order valence-electron chi connectivity index (χ1n) is 6.48. The van der Waals surface area contributed by atoms with Crippen molar-refractivity contribution in [3.63, 3.8) is 0 Å². The van der Waals surface area contributed by atoms with E-state index in [2.05, 4.69) is 6.92 Å². The molecule has 1 aromatic rings. The number of halogens is 1. The molecule has 5 heteroatoms. The molecule has 0 radical (unpaired) electrons. The van der Waals surface area contributed by atoms with Crippen molar-refractivity contribution in [2.45, 2.75) is 50.4 Å². The van der Waals surface area contributed by atoms with Crippen LogP contribution in [0.4, 0.5) is 0 Å². The minimum atomic E-state index is -3.45. The monoisotopic (exact) mass is 303 g/mol. The Kier molecular flexibility index (Phi) is 5.83. The fourth-order valence-electron chi connectivity index (χ4n) is 2.00. The van der Waals surface area contributed by atoms with E-state index >= 15 is 0 Å². The molecule has 0 heterocycles. The van der Waals surface area contributed by atoms with Gasteiger partial charge in [0.25, 0.3) is 0 Å². The predicted molar refractivity (Wildman–Crippen MR) is 80.1 cm³/mol. The Hall–Kier alpha value is -0.580. The first kappa shape index (κ1) is 16.5. The van der Waals surface area contributed by atoms with E-state index in [9.17, 15) is 8.42 Å². The molecule has 0 aliphatic carbocycles. The maximum absolute atomic E-state index is 12.6. The highest BCUT2D eigenvalue weighted by molar-refractivity contribution is 7.89. The molecule has 0 aliphatic heterocycles. The lowest BCUT2D eigenvalue weighted by molar-refractivity contribution is 0.368. The minimum Gasteiger partial charge on any atom is -0.207 e. The zero-order chi connectivity index (χ0) is 14.6. The smallest absolute Gasteiger partial charge is 0.207 e. The lowest BCUT2D eigenvalue weighted by atomic mass is 10.2. The minimum absolute atomic E-state index is 0.00550. The van der Waals surface area contributed by atoms with Crippen molar-refractivity contribution in [3.05, 3.63) is 29.3 Å². The molecule has 0 saturated heterocycles. The molecule has 0 fully saturated rings.